The van der Waals surface area contributed by atoms with Crippen LogP contribution in [0.15, 0.2) is 36.7 Å². The van der Waals surface area contributed by atoms with Crippen LogP contribution < -0.4 is 10.6 Å². The normalized spacial score (nSPS) is 14.2. The van der Waals surface area contributed by atoms with Gasteiger partial charge in [0.05, 0.1) is 5.52 Å². The zero-order chi connectivity index (χ0) is 21.4. The van der Waals surface area contributed by atoms with Crippen LogP contribution in [0.1, 0.15) is 17.3 Å². The fourth-order valence-electron chi connectivity index (χ4n) is 3.64. The lowest BCUT2D eigenvalue weighted by molar-refractivity contribution is -0.129. The first-order chi connectivity index (χ1) is 14.3. The van der Waals surface area contributed by atoms with Gasteiger partial charge in [-0.05, 0) is 30.3 Å². The van der Waals surface area contributed by atoms with Gasteiger partial charge >= 0.3 is 0 Å². The minimum Gasteiger partial charge on any atom is -0.366 e. The Labute approximate surface area is 177 Å². The van der Waals surface area contributed by atoms with E-state index in [1.54, 1.807) is 24.0 Å². The molecule has 3 aromatic rings. The van der Waals surface area contributed by atoms with Gasteiger partial charge in [0.25, 0.3) is 0 Å². The molecule has 0 unspecified atom stereocenters. The maximum atomic E-state index is 14.5. The van der Waals surface area contributed by atoms with Gasteiger partial charge in [0.1, 0.15) is 18.0 Å². The second-order valence-corrected chi connectivity index (χ2v) is 7.51. The summed E-state index contributed by atoms with van der Waals surface area (Å²) in [5.41, 5.74) is 6.70. The second kappa shape index (κ2) is 7.87. The topological polar surface area (TPSA) is 92.4 Å². The third-order valence-electron chi connectivity index (χ3n) is 5.27. The SMILES string of the molecule is CC(=O)N1CCN(c2ncnc3cc(-c4cc(C(N)=O)ccc4F)c(Cl)cc23)CC1. The number of rotatable bonds is 3. The number of nitrogens with two attached hydrogens (primary N) is 1. The minimum atomic E-state index is -0.650. The predicted octanol–water partition coefficient (Wildman–Crippen LogP) is 2.86. The minimum absolute atomic E-state index is 0.0510. The number of piperazine rings is 1. The van der Waals surface area contributed by atoms with E-state index >= 15 is 0 Å². The maximum Gasteiger partial charge on any atom is 0.248 e. The van der Waals surface area contributed by atoms with Gasteiger partial charge in [0, 0.05) is 60.2 Å². The molecule has 4 rings (SSSR count). The highest BCUT2D eigenvalue weighted by molar-refractivity contribution is 6.34. The summed E-state index contributed by atoms with van der Waals surface area (Å²) >= 11 is 6.51. The Morgan fingerprint density at radius 1 is 1.07 bits per heavy atom. The fraction of sp³-hybridized carbons (Fsp3) is 0.238. The molecule has 9 heteroatoms. The lowest BCUT2D eigenvalue weighted by Crippen LogP contribution is -2.48. The first-order valence-electron chi connectivity index (χ1n) is 9.39. The van der Waals surface area contributed by atoms with Crippen molar-refractivity contribution in [2.24, 2.45) is 5.73 Å². The number of primary amides is 1. The molecule has 0 saturated carbocycles. The summed E-state index contributed by atoms with van der Waals surface area (Å²) in [6.07, 6.45) is 1.45. The van der Waals surface area contributed by atoms with E-state index in [1.165, 1.54) is 24.5 Å². The molecule has 1 fully saturated rings. The summed E-state index contributed by atoms with van der Waals surface area (Å²) in [7, 11) is 0. The second-order valence-electron chi connectivity index (χ2n) is 7.10. The number of anilines is 1. The van der Waals surface area contributed by atoms with Crippen LogP contribution in [-0.2, 0) is 4.79 Å². The van der Waals surface area contributed by atoms with Crippen molar-refractivity contribution in [1.82, 2.24) is 14.9 Å². The molecular formula is C21H19ClFN5O2. The Bertz CT molecular complexity index is 1160. The van der Waals surface area contributed by atoms with Crippen LogP contribution in [0.4, 0.5) is 10.2 Å². The number of aromatic nitrogens is 2. The molecular weight excluding hydrogens is 409 g/mol. The smallest absolute Gasteiger partial charge is 0.248 e. The molecule has 1 aliphatic rings. The maximum absolute atomic E-state index is 14.5. The van der Waals surface area contributed by atoms with Gasteiger partial charge in [0.15, 0.2) is 0 Å². The standard InChI is InChI=1S/C21H19ClFN5O2/c1-12(29)27-4-6-28(7-5-27)21-16-9-17(22)14(10-19(16)25-11-26-21)15-8-13(20(24)30)2-3-18(15)23/h2-3,8-11H,4-7H2,1H3,(H2,24,30). The summed E-state index contributed by atoms with van der Waals surface area (Å²) in [6.45, 7) is 4.06. The van der Waals surface area contributed by atoms with Crippen molar-refractivity contribution in [2.45, 2.75) is 6.92 Å². The average Bonchev–Trinajstić information content (AvgIpc) is 2.73. The number of fused-ring (bicyclic) bond motifs is 1. The Morgan fingerprint density at radius 3 is 2.47 bits per heavy atom. The van der Waals surface area contributed by atoms with Gasteiger partial charge in [-0.15, -0.1) is 0 Å². The number of hydrogen-bond acceptors (Lipinski definition) is 5. The lowest BCUT2D eigenvalue weighted by Gasteiger charge is -2.35. The third kappa shape index (κ3) is 3.66. The van der Waals surface area contributed by atoms with Crippen molar-refractivity contribution >= 4 is 40.1 Å². The van der Waals surface area contributed by atoms with E-state index in [9.17, 15) is 14.0 Å². The van der Waals surface area contributed by atoms with Crippen molar-refractivity contribution in [2.75, 3.05) is 31.1 Å². The molecule has 0 radical (unpaired) electrons. The Balaban J connectivity index is 1.76. The number of halogens is 2. The van der Waals surface area contributed by atoms with Crippen LogP contribution in [-0.4, -0.2) is 52.9 Å². The molecule has 0 aliphatic carbocycles. The van der Waals surface area contributed by atoms with Crippen molar-refractivity contribution in [3.63, 3.8) is 0 Å². The number of amides is 2. The van der Waals surface area contributed by atoms with Crippen molar-refractivity contribution in [1.29, 1.82) is 0 Å². The molecule has 2 heterocycles. The molecule has 0 atom stereocenters. The zero-order valence-corrected chi connectivity index (χ0v) is 17.0. The van der Waals surface area contributed by atoms with E-state index in [4.69, 9.17) is 17.3 Å². The fourth-order valence-corrected chi connectivity index (χ4v) is 3.90. The number of hydrogen-bond donors (Lipinski definition) is 1. The zero-order valence-electron chi connectivity index (χ0n) is 16.2. The molecule has 2 amide bonds. The number of carbonyl (C=O) groups is 2. The number of nitrogens with zero attached hydrogens (tertiary/aromatic N) is 4. The van der Waals surface area contributed by atoms with Crippen LogP contribution in [0, 0.1) is 5.82 Å². The molecule has 154 valence electrons. The van der Waals surface area contributed by atoms with Gasteiger partial charge in [-0.25, -0.2) is 14.4 Å². The molecule has 1 saturated heterocycles. The van der Waals surface area contributed by atoms with Crippen molar-refractivity contribution < 1.29 is 14.0 Å². The Morgan fingerprint density at radius 2 is 1.80 bits per heavy atom. The highest BCUT2D eigenvalue weighted by Gasteiger charge is 2.22. The third-order valence-corrected chi connectivity index (χ3v) is 5.58. The van der Waals surface area contributed by atoms with Gasteiger partial charge in [-0.3, -0.25) is 9.59 Å². The van der Waals surface area contributed by atoms with Crippen molar-refractivity contribution in [3.8, 4) is 11.1 Å². The van der Waals surface area contributed by atoms with Gasteiger partial charge in [-0.2, -0.15) is 0 Å². The van der Waals surface area contributed by atoms with Gasteiger partial charge in [-0.1, -0.05) is 11.6 Å². The highest BCUT2D eigenvalue weighted by atomic mass is 35.5. The quantitative estimate of drug-likeness (QED) is 0.693. The summed E-state index contributed by atoms with van der Waals surface area (Å²) in [4.78, 5) is 35.7. The highest BCUT2D eigenvalue weighted by Crippen LogP contribution is 2.36. The van der Waals surface area contributed by atoms with E-state index in [2.05, 4.69) is 14.9 Å². The summed E-state index contributed by atoms with van der Waals surface area (Å²) in [5.74, 6) is -0.406. The van der Waals surface area contributed by atoms with Crippen molar-refractivity contribution in [3.05, 3.63) is 53.1 Å². The molecule has 30 heavy (non-hydrogen) atoms. The molecule has 1 aliphatic heterocycles. The van der Waals surface area contributed by atoms with Crippen LogP contribution in [0.25, 0.3) is 22.0 Å². The average molecular weight is 428 g/mol. The molecule has 0 bridgehead atoms. The van der Waals surface area contributed by atoms with E-state index in [1.807, 2.05) is 0 Å². The monoisotopic (exact) mass is 427 g/mol. The molecule has 1 aromatic heterocycles. The Kier molecular flexibility index (Phi) is 5.26. The Hall–Kier alpha value is -3.26. The first kappa shape index (κ1) is 20.0. The summed E-state index contributed by atoms with van der Waals surface area (Å²) < 4.78 is 14.5. The van der Waals surface area contributed by atoms with Gasteiger partial charge < -0.3 is 15.5 Å². The van der Waals surface area contributed by atoms with E-state index in [0.717, 1.165) is 5.39 Å². The van der Waals surface area contributed by atoms with E-state index in [0.29, 0.717) is 48.1 Å². The van der Waals surface area contributed by atoms with Crippen LogP contribution in [0.2, 0.25) is 5.02 Å². The molecule has 2 aromatic carbocycles. The van der Waals surface area contributed by atoms with E-state index < -0.39 is 11.7 Å². The van der Waals surface area contributed by atoms with Crippen LogP contribution >= 0.6 is 11.6 Å². The summed E-state index contributed by atoms with van der Waals surface area (Å²) in [6, 6.07) is 7.29. The van der Waals surface area contributed by atoms with Crippen LogP contribution in [0.5, 0.6) is 0 Å². The molecule has 2 N–H and O–H groups in total. The van der Waals surface area contributed by atoms with Gasteiger partial charge in [0.2, 0.25) is 11.8 Å². The predicted molar refractivity (Wildman–Crippen MR) is 113 cm³/mol. The largest absolute Gasteiger partial charge is 0.366 e. The lowest BCUT2D eigenvalue weighted by atomic mass is 10.0. The van der Waals surface area contributed by atoms with E-state index in [-0.39, 0.29) is 17.0 Å². The number of benzene rings is 2. The number of carbonyl (C=O) groups excluding carboxylic acids is 2. The first-order valence-corrected chi connectivity index (χ1v) is 9.77. The summed E-state index contributed by atoms with van der Waals surface area (Å²) in [5, 5.41) is 1.04. The van der Waals surface area contributed by atoms with Crippen LogP contribution in [0.3, 0.4) is 0 Å². The molecule has 0 spiro atoms. The molecule has 7 nitrogen and oxygen atoms in total.